The smallest absolute Gasteiger partial charge is 0.340 e. The van der Waals surface area contributed by atoms with Crippen LogP contribution in [0, 0.1) is 6.92 Å². The summed E-state index contributed by atoms with van der Waals surface area (Å²) in [6.07, 6.45) is 2.87. The molecule has 0 bridgehead atoms. The third-order valence-corrected chi connectivity index (χ3v) is 5.85. The Balaban J connectivity index is 1.85. The summed E-state index contributed by atoms with van der Waals surface area (Å²) in [5.41, 5.74) is 3.32. The molecule has 1 fully saturated rings. The normalized spacial score (nSPS) is 14.9. The lowest BCUT2D eigenvalue weighted by Gasteiger charge is -2.16. The van der Waals surface area contributed by atoms with Crippen LogP contribution in [0.4, 0.5) is 0 Å². The molecule has 2 heterocycles. The number of phenolic OH excluding ortho intramolecular Hbond substituents is 1. The molecule has 1 aliphatic heterocycles. The van der Waals surface area contributed by atoms with Gasteiger partial charge in [0.2, 0.25) is 0 Å². The molecular weight excluding hydrogens is 362 g/mol. The zero-order chi connectivity index (χ0) is 19.0. The van der Waals surface area contributed by atoms with E-state index in [0.717, 1.165) is 29.6 Å². The van der Waals surface area contributed by atoms with Gasteiger partial charge in [-0.2, -0.15) is 0 Å². The fourth-order valence-electron chi connectivity index (χ4n) is 4.01. The van der Waals surface area contributed by atoms with Gasteiger partial charge in [-0.1, -0.05) is 41.9 Å². The number of aryl methyl sites for hydroxylation is 1. The molecule has 3 aromatic rings. The third-order valence-electron chi connectivity index (χ3n) is 5.56. The van der Waals surface area contributed by atoms with Crippen molar-refractivity contribution in [3.8, 4) is 5.75 Å². The van der Waals surface area contributed by atoms with Crippen LogP contribution in [-0.4, -0.2) is 18.2 Å². The molecule has 0 aliphatic carbocycles. The summed E-state index contributed by atoms with van der Waals surface area (Å²) in [5, 5.41) is 11.6. The number of aromatic hydroxyl groups is 1. The van der Waals surface area contributed by atoms with Crippen molar-refractivity contribution in [2.24, 2.45) is 0 Å². The summed E-state index contributed by atoms with van der Waals surface area (Å²) >= 11 is 6.32. The number of nitrogens with one attached hydrogen (secondary N) is 1. The largest absolute Gasteiger partial charge is 0.506 e. The van der Waals surface area contributed by atoms with Gasteiger partial charge in [-0.05, 0) is 24.1 Å². The number of hydrogen-bond donors (Lipinski definition) is 2. The van der Waals surface area contributed by atoms with Crippen LogP contribution in [-0.2, 0) is 13.0 Å². The van der Waals surface area contributed by atoms with Gasteiger partial charge in [0, 0.05) is 30.2 Å². The van der Waals surface area contributed by atoms with Crippen molar-refractivity contribution >= 4 is 22.6 Å². The van der Waals surface area contributed by atoms with Gasteiger partial charge < -0.3 is 14.4 Å². The molecule has 0 atom stereocenters. The van der Waals surface area contributed by atoms with E-state index in [1.165, 1.54) is 17.7 Å². The fraction of sp³-hybridized carbons (Fsp3) is 0.318. The number of halogens is 1. The first kappa shape index (κ1) is 18.1. The van der Waals surface area contributed by atoms with E-state index in [9.17, 15) is 9.90 Å². The van der Waals surface area contributed by atoms with Gasteiger partial charge in [0.15, 0.2) is 5.58 Å². The van der Waals surface area contributed by atoms with Crippen molar-refractivity contribution in [3.63, 3.8) is 0 Å². The highest BCUT2D eigenvalue weighted by Crippen LogP contribution is 2.36. The second kappa shape index (κ2) is 7.37. The second-order valence-corrected chi connectivity index (χ2v) is 7.76. The molecule has 5 heteroatoms. The highest BCUT2D eigenvalue weighted by Gasteiger charge is 2.24. The molecule has 0 radical (unpaired) electrons. The molecular formula is C22H23ClNO3+. The number of benzene rings is 2. The van der Waals surface area contributed by atoms with Crippen molar-refractivity contribution in [2.45, 2.75) is 32.7 Å². The molecule has 4 nitrogen and oxygen atoms in total. The Labute approximate surface area is 163 Å². The molecule has 1 aliphatic rings. The van der Waals surface area contributed by atoms with Crippen molar-refractivity contribution in [2.75, 3.05) is 13.1 Å². The van der Waals surface area contributed by atoms with E-state index in [4.69, 9.17) is 16.0 Å². The molecule has 0 unspecified atom stereocenters. The monoisotopic (exact) mass is 384 g/mol. The van der Waals surface area contributed by atoms with Gasteiger partial charge in [0.1, 0.15) is 12.3 Å². The maximum atomic E-state index is 12.8. The van der Waals surface area contributed by atoms with Crippen LogP contribution in [0.3, 0.4) is 0 Å². The number of likely N-dealkylation sites (tertiary alicyclic amines) is 1. The van der Waals surface area contributed by atoms with Gasteiger partial charge in [-0.25, -0.2) is 4.79 Å². The zero-order valence-electron chi connectivity index (χ0n) is 15.3. The highest BCUT2D eigenvalue weighted by molar-refractivity contribution is 6.33. The van der Waals surface area contributed by atoms with Crippen LogP contribution in [0.2, 0.25) is 5.02 Å². The molecule has 4 rings (SSSR count). The third kappa shape index (κ3) is 3.47. The average molecular weight is 385 g/mol. The van der Waals surface area contributed by atoms with Gasteiger partial charge in [0.05, 0.1) is 23.7 Å². The lowest BCUT2D eigenvalue weighted by atomic mass is 9.98. The number of rotatable bonds is 4. The first-order chi connectivity index (χ1) is 13.0. The predicted molar refractivity (Wildman–Crippen MR) is 107 cm³/mol. The van der Waals surface area contributed by atoms with Crippen LogP contribution >= 0.6 is 11.6 Å². The van der Waals surface area contributed by atoms with Crippen LogP contribution < -0.4 is 10.5 Å². The number of hydrogen-bond acceptors (Lipinski definition) is 3. The minimum absolute atomic E-state index is 0.0296. The molecule has 1 saturated heterocycles. The maximum Gasteiger partial charge on any atom is 0.340 e. The van der Waals surface area contributed by atoms with E-state index in [0.29, 0.717) is 34.7 Å². The Kier molecular flexibility index (Phi) is 4.94. The molecule has 140 valence electrons. The van der Waals surface area contributed by atoms with Crippen molar-refractivity contribution in [1.82, 2.24) is 0 Å². The average Bonchev–Trinajstić information content (AvgIpc) is 3.18. The van der Waals surface area contributed by atoms with E-state index in [1.807, 2.05) is 37.3 Å². The molecule has 1 aromatic heterocycles. The lowest BCUT2D eigenvalue weighted by Crippen LogP contribution is -3.08. The van der Waals surface area contributed by atoms with E-state index < -0.39 is 0 Å². The summed E-state index contributed by atoms with van der Waals surface area (Å²) < 4.78 is 5.74. The van der Waals surface area contributed by atoms with E-state index >= 15 is 0 Å². The molecule has 0 saturated carbocycles. The Morgan fingerprint density at radius 2 is 1.85 bits per heavy atom. The molecule has 2 aromatic carbocycles. The Morgan fingerprint density at radius 1 is 1.15 bits per heavy atom. The Bertz CT molecular complexity index is 1040. The van der Waals surface area contributed by atoms with E-state index in [1.54, 1.807) is 6.07 Å². The SMILES string of the molecule is Cc1c(Cc2ccccc2)c(=O)oc2c(C[NH+]3CCCC3)c(O)c(Cl)cc12. The summed E-state index contributed by atoms with van der Waals surface area (Å²) in [6.45, 7) is 4.66. The summed E-state index contributed by atoms with van der Waals surface area (Å²) in [6, 6.07) is 11.6. The second-order valence-electron chi connectivity index (χ2n) is 7.35. The Hall–Kier alpha value is -2.30. The quantitative estimate of drug-likeness (QED) is 0.679. The zero-order valence-corrected chi connectivity index (χ0v) is 16.1. The molecule has 2 N–H and O–H groups in total. The topological polar surface area (TPSA) is 54.9 Å². The number of quaternary nitrogens is 1. The fourth-order valence-corrected chi connectivity index (χ4v) is 4.23. The van der Waals surface area contributed by atoms with Gasteiger partial charge in [0.25, 0.3) is 0 Å². The van der Waals surface area contributed by atoms with Crippen LogP contribution in [0.15, 0.2) is 45.6 Å². The van der Waals surface area contributed by atoms with Crippen molar-refractivity contribution in [3.05, 3.63) is 74.1 Å². The maximum absolute atomic E-state index is 12.8. The molecule has 0 spiro atoms. The van der Waals surface area contributed by atoms with Crippen molar-refractivity contribution < 1.29 is 14.4 Å². The number of fused-ring (bicyclic) bond motifs is 1. The van der Waals surface area contributed by atoms with Gasteiger partial charge in [-0.3, -0.25) is 0 Å². The predicted octanol–water partition coefficient (Wildman–Crippen LogP) is 3.23. The lowest BCUT2D eigenvalue weighted by molar-refractivity contribution is -0.901. The Morgan fingerprint density at radius 3 is 2.56 bits per heavy atom. The molecule has 0 amide bonds. The molecule has 27 heavy (non-hydrogen) atoms. The van der Waals surface area contributed by atoms with Crippen molar-refractivity contribution in [1.29, 1.82) is 0 Å². The van der Waals surface area contributed by atoms with E-state index in [2.05, 4.69) is 0 Å². The summed E-state index contributed by atoms with van der Waals surface area (Å²) in [4.78, 5) is 14.1. The van der Waals surface area contributed by atoms with Gasteiger partial charge in [-0.15, -0.1) is 0 Å². The number of phenols is 1. The van der Waals surface area contributed by atoms with E-state index in [-0.39, 0.29) is 11.4 Å². The summed E-state index contributed by atoms with van der Waals surface area (Å²) in [5.74, 6) is 0.0296. The first-order valence-electron chi connectivity index (χ1n) is 9.38. The van der Waals surface area contributed by atoms with Gasteiger partial charge >= 0.3 is 5.63 Å². The minimum atomic E-state index is -0.344. The van der Waals surface area contributed by atoms with Crippen LogP contribution in [0.25, 0.3) is 11.0 Å². The first-order valence-corrected chi connectivity index (χ1v) is 9.76. The van der Waals surface area contributed by atoms with Crippen LogP contribution in [0.5, 0.6) is 5.75 Å². The minimum Gasteiger partial charge on any atom is -0.506 e. The highest BCUT2D eigenvalue weighted by atomic mass is 35.5. The summed E-state index contributed by atoms with van der Waals surface area (Å²) in [7, 11) is 0. The van der Waals surface area contributed by atoms with Crippen LogP contribution in [0.1, 0.15) is 35.1 Å². The standard InChI is InChI=1S/C22H22ClNO3/c1-14-16-12-19(23)20(25)18(13-24-9-5-6-10-24)21(16)27-22(26)17(14)11-15-7-3-2-4-8-15/h2-4,7-8,12,25H,5-6,9-11,13H2,1H3/p+1.